The van der Waals surface area contributed by atoms with Crippen LogP contribution >= 0.6 is 0 Å². The molecule has 524 valence electrons. The zero-order chi connectivity index (χ0) is 66.0. The summed E-state index contributed by atoms with van der Waals surface area (Å²) in [6, 6.07) is -1.03. The van der Waals surface area contributed by atoms with Crippen LogP contribution in [0.3, 0.4) is 0 Å². The van der Waals surface area contributed by atoms with E-state index < -0.39 is 67.4 Å². The maximum Gasteiger partial charge on any atom is 0.306 e. The Bertz CT molecular complexity index is 1900. The summed E-state index contributed by atoms with van der Waals surface area (Å²) < 4.78 is 17.7. The molecule has 1 saturated heterocycles. The number of hydrogen-bond acceptors (Lipinski definition) is 10. The molecule has 0 spiro atoms. The fourth-order valence-corrected chi connectivity index (χ4v) is 11.3. The summed E-state index contributed by atoms with van der Waals surface area (Å²) in [6.07, 6.45) is 81.2. The molecule has 0 aromatic rings. The molecule has 8 unspecified atom stereocenters. The summed E-state index contributed by atoms with van der Waals surface area (Å²) in [4.78, 5) is 26.8. The number of carbonyl (C=O) groups excluding carboxylic acids is 2. The van der Waals surface area contributed by atoms with Gasteiger partial charge in [-0.05, 0) is 109 Å². The molecule has 0 saturated carbocycles. The molecule has 91 heavy (non-hydrogen) atoms. The van der Waals surface area contributed by atoms with E-state index in [0.717, 1.165) is 116 Å². The summed E-state index contributed by atoms with van der Waals surface area (Å²) in [7, 11) is 0. The number of aliphatic hydroxyl groups excluding tert-OH is 5. The highest BCUT2D eigenvalue weighted by Crippen LogP contribution is 2.26. The highest BCUT2D eigenvalue weighted by molar-refractivity contribution is 5.80. The fourth-order valence-electron chi connectivity index (χ4n) is 11.3. The Labute approximate surface area is 558 Å². The molecule has 1 aliphatic heterocycles. The molecule has 1 amide bonds. The molecule has 1 fully saturated rings. The van der Waals surface area contributed by atoms with Gasteiger partial charge in [0.2, 0.25) is 5.91 Å². The van der Waals surface area contributed by atoms with Gasteiger partial charge in [0.25, 0.3) is 0 Å². The minimum Gasteiger partial charge on any atom is -0.454 e. The van der Waals surface area contributed by atoms with Crippen LogP contribution in [-0.2, 0) is 23.8 Å². The smallest absolute Gasteiger partial charge is 0.306 e. The number of carbonyl (C=O) groups is 2. The summed E-state index contributed by atoms with van der Waals surface area (Å²) >= 11 is 0. The lowest BCUT2D eigenvalue weighted by Crippen LogP contribution is -2.61. The van der Waals surface area contributed by atoms with E-state index in [0.29, 0.717) is 12.8 Å². The van der Waals surface area contributed by atoms with Gasteiger partial charge in [-0.15, -0.1) is 0 Å². The van der Waals surface area contributed by atoms with E-state index in [1.807, 2.05) is 6.08 Å². The lowest BCUT2D eigenvalue weighted by atomic mass is 9.99. The Morgan fingerprint density at radius 3 is 1.21 bits per heavy atom. The molecule has 0 bridgehead atoms. The van der Waals surface area contributed by atoms with Crippen molar-refractivity contribution in [2.24, 2.45) is 0 Å². The van der Waals surface area contributed by atoms with E-state index >= 15 is 0 Å². The first-order valence-electron chi connectivity index (χ1n) is 37.7. The van der Waals surface area contributed by atoms with Crippen LogP contribution in [0.25, 0.3) is 0 Å². The molecule has 0 aliphatic carbocycles. The number of rotatable bonds is 64. The standard InChI is InChI=1S/C80H139NO10/c1-4-7-10-13-16-19-22-25-27-29-31-33-35-36-37-39-40-42-44-46-49-52-55-58-61-64-67-73(84)79(88)81-71(72(83)66-63-60-57-54-51-48-24-21-18-15-12-9-6-3)70-89-80-78(77(87)76(86)74(69-82)90-80)91-75(85)68-65-62-59-56-53-50-47-45-43-41-38-34-32-30-28-26-23-20-17-14-11-8-5-2/h7,10,16-17,19-20,25-28,31-34,36-37,63,66,71-74,76-78,80,82-84,86-87H,4-6,8-9,11-15,18,21-24,29-30,35,38-62,64-65,67-70H2,1-3H3,(H,81,88)/b10-7-,19-16-,20-17-,27-25-,28-26-,33-31-,34-32-,37-36-,66-63+. The number of unbranched alkanes of at least 4 members (excludes halogenated alkanes) is 34. The maximum atomic E-state index is 13.5. The van der Waals surface area contributed by atoms with E-state index in [9.17, 15) is 35.1 Å². The number of aliphatic hydroxyl groups is 5. The predicted molar refractivity (Wildman–Crippen MR) is 384 cm³/mol. The summed E-state index contributed by atoms with van der Waals surface area (Å²) in [5, 5.41) is 57.4. The molecule has 1 rings (SSSR count). The highest BCUT2D eigenvalue weighted by Gasteiger charge is 2.47. The first-order valence-corrected chi connectivity index (χ1v) is 37.7. The van der Waals surface area contributed by atoms with Gasteiger partial charge in [-0.2, -0.15) is 0 Å². The molecule has 11 nitrogen and oxygen atoms in total. The van der Waals surface area contributed by atoms with E-state index in [4.69, 9.17) is 14.2 Å². The Morgan fingerprint density at radius 1 is 0.440 bits per heavy atom. The topological polar surface area (TPSA) is 175 Å². The third-order valence-corrected chi connectivity index (χ3v) is 17.2. The molecule has 11 heteroatoms. The van der Waals surface area contributed by atoms with Gasteiger partial charge in [0.15, 0.2) is 12.4 Å². The largest absolute Gasteiger partial charge is 0.454 e. The number of nitrogens with one attached hydrogen (secondary N) is 1. The lowest BCUT2D eigenvalue weighted by Gasteiger charge is -2.41. The van der Waals surface area contributed by atoms with Gasteiger partial charge in [-0.3, -0.25) is 9.59 Å². The van der Waals surface area contributed by atoms with Gasteiger partial charge in [-0.25, -0.2) is 0 Å². The zero-order valence-corrected chi connectivity index (χ0v) is 58.4. The average molecular weight is 1270 g/mol. The van der Waals surface area contributed by atoms with Crippen LogP contribution in [0.5, 0.6) is 0 Å². The van der Waals surface area contributed by atoms with Crippen LogP contribution in [0.4, 0.5) is 0 Å². The van der Waals surface area contributed by atoms with Crippen molar-refractivity contribution in [2.45, 2.75) is 372 Å². The quantitative estimate of drug-likeness (QED) is 0.0195. The fraction of sp³-hybridized carbons (Fsp3) is 0.750. The Morgan fingerprint density at radius 2 is 0.791 bits per heavy atom. The zero-order valence-electron chi connectivity index (χ0n) is 58.4. The molecule has 6 N–H and O–H groups in total. The second kappa shape index (κ2) is 66.3. The molecular formula is C80H139NO10. The normalized spacial score (nSPS) is 18.6. The molecule has 0 aromatic carbocycles. The highest BCUT2D eigenvalue weighted by atomic mass is 16.7. The number of allylic oxidation sites excluding steroid dienone is 17. The van der Waals surface area contributed by atoms with Gasteiger partial charge in [-0.1, -0.05) is 316 Å². The molecule has 0 aromatic heterocycles. The lowest BCUT2D eigenvalue weighted by molar-refractivity contribution is -0.305. The van der Waals surface area contributed by atoms with Crippen LogP contribution < -0.4 is 5.32 Å². The molecule has 0 radical (unpaired) electrons. The van der Waals surface area contributed by atoms with Crippen molar-refractivity contribution in [1.82, 2.24) is 5.32 Å². The second-order valence-electron chi connectivity index (χ2n) is 25.6. The summed E-state index contributed by atoms with van der Waals surface area (Å²) in [5.74, 6) is -1.20. The van der Waals surface area contributed by atoms with Gasteiger partial charge < -0.3 is 45.1 Å². The second-order valence-corrected chi connectivity index (χ2v) is 25.6. The van der Waals surface area contributed by atoms with Crippen molar-refractivity contribution in [3.8, 4) is 0 Å². The summed E-state index contributed by atoms with van der Waals surface area (Å²) in [6.45, 7) is 5.68. The van der Waals surface area contributed by atoms with Crippen molar-refractivity contribution in [3.63, 3.8) is 0 Å². The van der Waals surface area contributed by atoms with Crippen molar-refractivity contribution in [3.05, 3.63) is 109 Å². The van der Waals surface area contributed by atoms with Crippen LogP contribution in [0.15, 0.2) is 109 Å². The van der Waals surface area contributed by atoms with E-state index in [2.05, 4.69) is 123 Å². The van der Waals surface area contributed by atoms with Crippen molar-refractivity contribution < 1.29 is 49.3 Å². The van der Waals surface area contributed by atoms with Crippen molar-refractivity contribution >= 4 is 11.9 Å². The SMILES string of the molecule is CC/C=C\C/C=C\C/C=C\C/C=C\C/C=C\CCCCCCCCCCCCC(O)C(=O)NC(COC1OC(CO)C(O)C(O)C1OC(=O)CCCCCCCCCCCC/C=C\C/C=C\C/C=C\CCCCC)C(O)/C=C/CCCCCCCCCCCCC. The van der Waals surface area contributed by atoms with Gasteiger partial charge in [0, 0.05) is 6.42 Å². The maximum absolute atomic E-state index is 13.5. The third kappa shape index (κ3) is 53.3. The Balaban J connectivity index is 2.56. The number of ether oxygens (including phenoxy) is 3. The number of amides is 1. The molecule has 1 heterocycles. The number of esters is 1. The molecule has 8 atom stereocenters. The van der Waals surface area contributed by atoms with Gasteiger partial charge in [0.1, 0.15) is 24.4 Å². The van der Waals surface area contributed by atoms with Crippen LogP contribution in [-0.4, -0.2) is 99.6 Å². The van der Waals surface area contributed by atoms with Crippen molar-refractivity contribution in [1.29, 1.82) is 0 Å². The van der Waals surface area contributed by atoms with Gasteiger partial charge >= 0.3 is 5.97 Å². The van der Waals surface area contributed by atoms with Crippen LogP contribution in [0.1, 0.15) is 323 Å². The Kier molecular flexibility index (Phi) is 62.2. The molecule has 1 aliphatic rings. The average Bonchev–Trinajstić information content (AvgIpc) is 0.969. The Hall–Kier alpha value is -3.68. The van der Waals surface area contributed by atoms with E-state index in [-0.39, 0.29) is 19.4 Å². The summed E-state index contributed by atoms with van der Waals surface area (Å²) in [5.41, 5.74) is 0. The predicted octanol–water partition coefficient (Wildman–Crippen LogP) is 20.0. The first kappa shape index (κ1) is 85.3. The third-order valence-electron chi connectivity index (χ3n) is 17.2. The van der Waals surface area contributed by atoms with E-state index in [1.54, 1.807) is 6.08 Å². The van der Waals surface area contributed by atoms with Crippen molar-refractivity contribution in [2.75, 3.05) is 13.2 Å². The minimum absolute atomic E-state index is 0.115. The van der Waals surface area contributed by atoms with Crippen LogP contribution in [0, 0.1) is 0 Å². The van der Waals surface area contributed by atoms with Crippen LogP contribution in [0.2, 0.25) is 0 Å². The monoisotopic (exact) mass is 1270 g/mol. The minimum atomic E-state index is -1.62. The molecular weight excluding hydrogens is 1130 g/mol. The number of hydrogen-bond donors (Lipinski definition) is 6. The van der Waals surface area contributed by atoms with Gasteiger partial charge in [0.05, 0.1) is 25.4 Å². The first-order chi connectivity index (χ1) is 44.7. The van der Waals surface area contributed by atoms with E-state index in [1.165, 1.54) is 161 Å².